The van der Waals surface area contributed by atoms with E-state index >= 15 is 0 Å². The summed E-state index contributed by atoms with van der Waals surface area (Å²) in [6.45, 7) is 0.518. The second-order valence-electron chi connectivity index (χ2n) is 5.61. The zero-order valence-electron chi connectivity index (χ0n) is 12.3. The summed E-state index contributed by atoms with van der Waals surface area (Å²) >= 11 is 0. The highest BCUT2D eigenvalue weighted by molar-refractivity contribution is 5.88. The summed E-state index contributed by atoms with van der Waals surface area (Å²) in [6, 6.07) is 3.20. The van der Waals surface area contributed by atoms with Crippen LogP contribution in [0.1, 0.15) is 18.4 Å². The van der Waals surface area contributed by atoms with Crippen LogP contribution in [0.2, 0.25) is 0 Å². The van der Waals surface area contributed by atoms with E-state index in [0.717, 1.165) is 11.8 Å². The van der Waals surface area contributed by atoms with Crippen molar-refractivity contribution in [1.82, 2.24) is 10.3 Å². The van der Waals surface area contributed by atoms with Gasteiger partial charge in [0.25, 0.3) is 0 Å². The highest BCUT2D eigenvalue weighted by Gasteiger charge is 2.28. The molecule has 0 spiro atoms. The zero-order chi connectivity index (χ0) is 16.4. The number of carbonyl (C=O) groups excluding carboxylic acids is 1. The number of benzene rings is 1. The second-order valence-corrected chi connectivity index (χ2v) is 5.61. The van der Waals surface area contributed by atoms with E-state index in [2.05, 4.69) is 10.3 Å². The number of carbonyl (C=O) groups is 2. The van der Waals surface area contributed by atoms with E-state index in [-0.39, 0.29) is 12.2 Å². The predicted octanol–water partition coefficient (Wildman–Crippen LogP) is 1.60. The number of halogens is 1. The molecule has 1 fully saturated rings. The molecule has 3 rings (SSSR count). The van der Waals surface area contributed by atoms with Crippen LogP contribution >= 0.6 is 0 Å². The number of aromatic nitrogens is 1. The molecule has 1 aliphatic rings. The molecule has 3 N–H and O–H groups in total. The molecule has 1 saturated heterocycles. The Morgan fingerprint density at radius 2 is 2.30 bits per heavy atom. The number of nitrogens with one attached hydrogen (secondary N) is 2. The Balaban J connectivity index is 1.75. The molecule has 0 bridgehead atoms. The number of carboxylic acid groups (broad SMARTS) is 1. The maximum absolute atomic E-state index is 13.2. The van der Waals surface area contributed by atoms with Gasteiger partial charge in [0.1, 0.15) is 18.0 Å². The van der Waals surface area contributed by atoms with Crippen LogP contribution in [0.5, 0.6) is 0 Å². The zero-order valence-corrected chi connectivity index (χ0v) is 12.3. The molecule has 0 saturated carbocycles. The number of hydrogen-bond acceptors (Lipinski definition) is 3. The maximum Gasteiger partial charge on any atom is 0.326 e. The van der Waals surface area contributed by atoms with Crippen LogP contribution in [0.3, 0.4) is 0 Å². The number of aromatic amines is 1. The Labute approximate surface area is 131 Å². The number of ether oxygens (including phenoxy) is 1. The van der Waals surface area contributed by atoms with Crippen molar-refractivity contribution < 1.29 is 23.8 Å². The van der Waals surface area contributed by atoms with Gasteiger partial charge in [-0.15, -0.1) is 0 Å². The molecule has 0 radical (unpaired) electrons. The van der Waals surface area contributed by atoms with Crippen LogP contribution in [-0.4, -0.2) is 40.7 Å². The molecule has 6 nitrogen and oxygen atoms in total. The lowest BCUT2D eigenvalue weighted by Crippen LogP contribution is -2.46. The van der Waals surface area contributed by atoms with Crippen molar-refractivity contribution in [2.24, 2.45) is 0 Å². The first-order valence-corrected chi connectivity index (χ1v) is 7.45. The van der Waals surface area contributed by atoms with Crippen molar-refractivity contribution >= 4 is 22.8 Å². The van der Waals surface area contributed by atoms with Crippen molar-refractivity contribution in [2.45, 2.75) is 31.4 Å². The normalized spacial score (nSPS) is 18.9. The molecule has 1 aliphatic heterocycles. The minimum absolute atomic E-state index is 0.111. The average molecular weight is 320 g/mol. The first-order chi connectivity index (χ1) is 11.0. The third kappa shape index (κ3) is 3.34. The van der Waals surface area contributed by atoms with Crippen molar-refractivity contribution in [3.05, 3.63) is 35.8 Å². The number of fused-ring (bicyclic) bond motifs is 1. The van der Waals surface area contributed by atoms with E-state index < -0.39 is 24.0 Å². The van der Waals surface area contributed by atoms with Gasteiger partial charge in [-0.2, -0.15) is 0 Å². The average Bonchev–Trinajstić information content (AvgIpc) is 3.16. The van der Waals surface area contributed by atoms with Gasteiger partial charge in [-0.25, -0.2) is 9.18 Å². The first-order valence-electron chi connectivity index (χ1n) is 7.45. The van der Waals surface area contributed by atoms with Gasteiger partial charge in [0, 0.05) is 30.1 Å². The molecular formula is C16H17FN2O4. The van der Waals surface area contributed by atoms with E-state index in [1.165, 1.54) is 12.1 Å². The van der Waals surface area contributed by atoms with Crippen LogP contribution in [0, 0.1) is 5.82 Å². The quantitative estimate of drug-likeness (QED) is 0.780. The number of carboxylic acids is 1. The summed E-state index contributed by atoms with van der Waals surface area (Å²) < 4.78 is 18.5. The third-order valence-electron chi connectivity index (χ3n) is 3.99. The van der Waals surface area contributed by atoms with Crippen LogP contribution in [0.15, 0.2) is 24.4 Å². The molecule has 2 heterocycles. The lowest BCUT2D eigenvalue weighted by Gasteiger charge is -2.17. The fourth-order valence-electron chi connectivity index (χ4n) is 2.80. The summed E-state index contributed by atoms with van der Waals surface area (Å²) in [6.07, 6.45) is 2.57. The van der Waals surface area contributed by atoms with E-state index in [0.29, 0.717) is 24.1 Å². The summed E-state index contributed by atoms with van der Waals surface area (Å²) in [7, 11) is 0. The van der Waals surface area contributed by atoms with Gasteiger partial charge in [0.2, 0.25) is 5.91 Å². The van der Waals surface area contributed by atoms with Crippen molar-refractivity contribution in [2.75, 3.05) is 6.61 Å². The number of hydrogen-bond donors (Lipinski definition) is 3. The van der Waals surface area contributed by atoms with E-state index in [1.807, 2.05) is 0 Å². The monoisotopic (exact) mass is 320 g/mol. The van der Waals surface area contributed by atoms with Gasteiger partial charge in [0.05, 0.1) is 0 Å². The van der Waals surface area contributed by atoms with Crippen LogP contribution in [0.25, 0.3) is 10.9 Å². The third-order valence-corrected chi connectivity index (χ3v) is 3.99. The van der Waals surface area contributed by atoms with E-state index in [4.69, 9.17) is 4.74 Å². The van der Waals surface area contributed by atoms with Gasteiger partial charge in [0.15, 0.2) is 0 Å². The van der Waals surface area contributed by atoms with E-state index in [9.17, 15) is 19.1 Å². The van der Waals surface area contributed by atoms with Gasteiger partial charge >= 0.3 is 5.97 Å². The van der Waals surface area contributed by atoms with Gasteiger partial charge in [-0.1, -0.05) is 0 Å². The van der Waals surface area contributed by atoms with Crippen LogP contribution in [0.4, 0.5) is 4.39 Å². The SMILES string of the molecule is O=C(O)[C@H](Cc1c[nH]c2cc(F)ccc12)NC(=O)[C@@H]1CCCO1. The highest BCUT2D eigenvalue weighted by Crippen LogP contribution is 2.21. The molecule has 7 heteroatoms. The van der Waals surface area contributed by atoms with E-state index in [1.54, 1.807) is 12.3 Å². The minimum Gasteiger partial charge on any atom is -0.480 e. The Morgan fingerprint density at radius 3 is 3.00 bits per heavy atom. The molecule has 23 heavy (non-hydrogen) atoms. The maximum atomic E-state index is 13.2. The lowest BCUT2D eigenvalue weighted by atomic mass is 10.0. The topological polar surface area (TPSA) is 91.4 Å². The number of aliphatic carboxylic acids is 1. The Hall–Kier alpha value is -2.41. The highest BCUT2D eigenvalue weighted by atomic mass is 19.1. The van der Waals surface area contributed by atoms with Crippen LogP contribution < -0.4 is 5.32 Å². The largest absolute Gasteiger partial charge is 0.480 e. The molecule has 1 amide bonds. The summed E-state index contributed by atoms with van der Waals surface area (Å²) in [4.78, 5) is 26.4. The number of H-pyrrole nitrogens is 1. The summed E-state index contributed by atoms with van der Waals surface area (Å²) in [5.74, 6) is -1.89. The lowest BCUT2D eigenvalue weighted by molar-refractivity contribution is -0.143. The number of amides is 1. The molecule has 1 aromatic heterocycles. The van der Waals surface area contributed by atoms with Crippen LogP contribution in [-0.2, 0) is 20.7 Å². The standard InChI is InChI=1S/C16H17FN2O4/c17-10-3-4-11-9(8-18-12(11)7-10)6-13(16(21)22)19-15(20)14-2-1-5-23-14/h3-4,7-8,13-14,18H,1-2,5-6H2,(H,19,20)(H,21,22)/t13-,14-/m0/s1. The fraction of sp³-hybridized carbons (Fsp3) is 0.375. The Morgan fingerprint density at radius 1 is 1.48 bits per heavy atom. The second kappa shape index (κ2) is 6.37. The smallest absolute Gasteiger partial charge is 0.326 e. The fourth-order valence-corrected chi connectivity index (χ4v) is 2.80. The Kier molecular flexibility index (Phi) is 4.29. The summed E-state index contributed by atoms with van der Waals surface area (Å²) in [5, 5.41) is 12.6. The van der Waals surface area contributed by atoms with Gasteiger partial charge in [-0.3, -0.25) is 4.79 Å². The summed E-state index contributed by atoms with van der Waals surface area (Å²) in [5.41, 5.74) is 1.30. The van der Waals surface area contributed by atoms with Crippen molar-refractivity contribution in [1.29, 1.82) is 0 Å². The molecule has 2 aromatic rings. The van der Waals surface area contributed by atoms with Crippen molar-refractivity contribution in [3.63, 3.8) is 0 Å². The number of rotatable bonds is 5. The first kappa shape index (κ1) is 15.5. The molecule has 2 atom stereocenters. The Bertz CT molecular complexity index is 737. The van der Waals surface area contributed by atoms with Gasteiger partial charge < -0.3 is 20.1 Å². The molecule has 0 unspecified atom stereocenters. The van der Waals surface area contributed by atoms with Gasteiger partial charge in [-0.05, 0) is 36.6 Å². The molecule has 0 aliphatic carbocycles. The predicted molar refractivity (Wildman–Crippen MR) is 80.5 cm³/mol. The minimum atomic E-state index is -1.12. The molecule has 1 aromatic carbocycles. The molecule has 122 valence electrons. The van der Waals surface area contributed by atoms with Crippen molar-refractivity contribution in [3.8, 4) is 0 Å². The molecular weight excluding hydrogens is 303 g/mol.